The minimum Gasteiger partial charge on any atom is -0.497 e. The van der Waals surface area contributed by atoms with Crippen molar-refractivity contribution in [2.75, 3.05) is 12.8 Å². The highest BCUT2D eigenvalue weighted by Crippen LogP contribution is 2.23. The van der Waals surface area contributed by atoms with E-state index in [4.69, 9.17) is 10.5 Å². The zero-order valence-corrected chi connectivity index (χ0v) is 10.6. The van der Waals surface area contributed by atoms with Gasteiger partial charge in [0.05, 0.1) is 18.1 Å². The number of nitrogens with zero attached hydrogens (tertiary/aromatic N) is 2. The van der Waals surface area contributed by atoms with Crippen molar-refractivity contribution < 1.29 is 4.74 Å². The van der Waals surface area contributed by atoms with E-state index >= 15 is 0 Å². The first-order valence-corrected chi connectivity index (χ1v) is 5.91. The minimum atomic E-state index is 0.578. The molecule has 0 radical (unpaired) electrons. The molecule has 1 aromatic heterocycles. The third-order valence-corrected chi connectivity index (χ3v) is 2.91. The number of fused-ring (bicyclic) bond motifs is 1. The molecule has 4 heteroatoms. The molecule has 0 aliphatic carbocycles. The quantitative estimate of drug-likeness (QED) is 0.883. The van der Waals surface area contributed by atoms with Crippen LogP contribution in [0.15, 0.2) is 18.2 Å². The number of methoxy groups -OCH3 is 1. The summed E-state index contributed by atoms with van der Waals surface area (Å²) < 4.78 is 7.24. The highest BCUT2D eigenvalue weighted by atomic mass is 16.5. The molecule has 2 rings (SSSR count). The lowest BCUT2D eigenvalue weighted by Gasteiger charge is -2.08. The largest absolute Gasteiger partial charge is 0.497 e. The Bertz CT molecular complexity index is 517. The third-order valence-electron chi connectivity index (χ3n) is 2.91. The third kappa shape index (κ3) is 2.35. The van der Waals surface area contributed by atoms with Gasteiger partial charge in [0, 0.05) is 12.6 Å². The molecule has 4 nitrogen and oxygen atoms in total. The molecule has 2 aromatic rings. The van der Waals surface area contributed by atoms with E-state index in [-0.39, 0.29) is 0 Å². The fourth-order valence-corrected chi connectivity index (χ4v) is 1.88. The van der Waals surface area contributed by atoms with Crippen molar-refractivity contribution in [1.29, 1.82) is 0 Å². The molecule has 0 fully saturated rings. The summed E-state index contributed by atoms with van der Waals surface area (Å²) in [5.41, 5.74) is 7.91. The Kier molecular flexibility index (Phi) is 3.22. The summed E-state index contributed by atoms with van der Waals surface area (Å²) in [6.07, 6.45) is 1.10. The fraction of sp³-hybridized carbons (Fsp3) is 0.462. The first-order chi connectivity index (χ1) is 8.11. The van der Waals surface area contributed by atoms with Crippen LogP contribution in [0.4, 0.5) is 5.95 Å². The van der Waals surface area contributed by atoms with Crippen LogP contribution in [0.1, 0.15) is 20.3 Å². The molecule has 0 saturated carbocycles. The predicted molar refractivity (Wildman–Crippen MR) is 70.2 cm³/mol. The topological polar surface area (TPSA) is 53.1 Å². The molecule has 0 bridgehead atoms. The molecule has 1 aromatic carbocycles. The number of aromatic nitrogens is 2. The molecule has 0 aliphatic heterocycles. The van der Waals surface area contributed by atoms with Crippen molar-refractivity contribution >= 4 is 17.0 Å². The second kappa shape index (κ2) is 4.65. The monoisotopic (exact) mass is 233 g/mol. The van der Waals surface area contributed by atoms with E-state index in [1.807, 2.05) is 18.2 Å². The van der Waals surface area contributed by atoms with Crippen LogP contribution < -0.4 is 10.5 Å². The smallest absolute Gasteiger partial charge is 0.201 e. The molecule has 1 heterocycles. The number of anilines is 1. The molecule has 92 valence electrons. The highest BCUT2D eigenvalue weighted by Gasteiger charge is 2.09. The van der Waals surface area contributed by atoms with Gasteiger partial charge in [0.25, 0.3) is 0 Å². The zero-order chi connectivity index (χ0) is 12.4. The summed E-state index contributed by atoms with van der Waals surface area (Å²) in [6.45, 7) is 5.32. The highest BCUT2D eigenvalue weighted by molar-refractivity contribution is 5.79. The van der Waals surface area contributed by atoms with Crippen molar-refractivity contribution in [2.45, 2.75) is 26.8 Å². The van der Waals surface area contributed by atoms with Gasteiger partial charge < -0.3 is 15.0 Å². The SMILES string of the molecule is COc1ccc2c(c1)nc(N)n2CCC(C)C. The maximum atomic E-state index is 5.94. The molecular formula is C13H19N3O. The van der Waals surface area contributed by atoms with Crippen molar-refractivity contribution in [3.05, 3.63) is 18.2 Å². The summed E-state index contributed by atoms with van der Waals surface area (Å²) >= 11 is 0. The summed E-state index contributed by atoms with van der Waals surface area (Å²) in [4.78, 5) is 4.36. The average Bonchev–Trinajstić information content (AvgIpc) is 2.60. The standard InChI is InChI=1S/C13H19N3O/c1-9(2)6-7-16-12-5-4-10(17-3)8-11(12)15-13(16)14/h4-5,8-9H,6-7H2,1-3H3,(H2,14,15). The van der Waals surface area contributed by atoms with Crippen LogP contribution in [0.3, 0.4) is 0 Å². The number of hydrogen-bond donors (Lipinski definition) is 1. The first-order valence-electron chi connectivity index (χ1n) is 5.91. The summed E-state index contributed by atoms with van der Waals surface area (Å²) in [5.74, 6) is 2.05. The first kappa shape index (κ1) is 11.8. The normalized spacial score (nSPS) is 11.3. The molecule has 0 atom stereocenters. The van der Waals surface area contributed by atoms with Gasteiger partial charge in [-0.1, -0.05) is 13.8 Å². The maximum absolute atomic E-state index is 5.94. The van der Waals surface area contributed by atoms with Gasteiger partial charge in [-0.15, -0.1) is 0 Å². The number of rotatable bonds is 4. The van der Waals surface area contributed by atoms with E-state index in [1.165, 1.54) is 0 Å². The Morgan fingerprint density at radius 1 is 1.41 bits per heavy atom. The molecule has 0 spiro atoms. The Morgan fingerprint density at radius 2 is 2.18 bits per heavy atom. The van der Waals surface area contributed by atoms with Gasteiger partial charge in [-0.25, -0.2) is 4.98 Å². The number of nitrogens with two attached hydrogens (primary N) is 1. The second-order valence-corrected chi connectivity index (χ2v) is 4.66. The Balaban J connectivity index is 2.38. The van der Waals surface area contributed by atoms with Crippen LogP contribution in [0.2, 0.25) is 0 Å². The summed E-state index contributed by atoms with van der Waals surface area (Å²) in [5, 5.41) is 0. The van der Waals surface area contributed by atoms with Gasteiger partial charge in [0.2, 0.25) is 5.95 Å². The van der Waals surface area contributed by atoms with Crippen LogP contribution >= 0.6 is 0 Å². The van der Waals surface area contributed by atoms with E-state index in [1.54, 1.807) is 7.11 Å². The molecule has 2 N–H and O–H groups in total. The van der Waals surface area contributed by atoms with Gasteiger partial charge >= 0.3 is 0 Å². The number of aryl methyl sites for hydroxylation is 1. The number of hydrogen-bond acceptors (Lipinski definition) is 3. The minimum absolute atomic E-state index is 0.578. The van der Waals surface area contributed by atoms with Crippen LogP contribution in [-0.2, 0) is 6.54 Å². The predicted octanol–water partition coefficient (Wildman–Crippen LogP) is 2.67. The molecule has 0 unspecified atom stereocenters. The van der Waals surface area contributed by atoms with Crippen molar-refractivity contribution in [3.8, 4) is 5.75 Å². The van der Waals surface area contributed by atoms with Crippen molar-refractivity contribution in [1.82, 2.24) is 9.55 Å². The average molecular weight is 233 g/mol. The number of imidazole rings is 1. The Labute approximate surface area is 101 Å². The maximum Gasteiger partial charge on any atom is 0.201 e. The molecule has 0 aliphatic rings. The molecule has 0 amide bonds. The lowest BCUT2D eigenvalue weighted by atomic mass is 10.1. The van der Waals surface area contributed by atoms with E-state index < -0.39 is 0 Å². The molecule has 0 saturated heterocycles. The van der Waals surface area contributed by atoms with Gasteiger partial charge in [-0.3, -0.25) is 0 Å². The second-order valence-electron chi connectivity index (χ2n) is 4.66. The van der Waals surface area contributed by atoms with Gasteiger partial charge in [0.1, 0.15) is 5.75 Å². The summed E-state index contributed by atoms with van der Waals surface area (Å²) in [6, 6.07) is 5.87. The van der Waals surface area contributed by atoms with Crippen LogP contribution in [-0.4, -0.2) is 16.7 Å². The molecular weight excluding hydrogens is 214 g/mol. The number of ether oxygens (including phenoxy) is 1. The lowest BCUT2D eigenvalue weighted by Crippen LogP contribution is -2.05. The van der Waals surface area contributed by atoms with Gasteiger partial charge in [0.15, 0.2) is 0 Å². The zero-order valence-electron chi connectivity index (χ0n) is 10.6. The Hall–Kier alpha value is -1.71. The van der Waals surface area contributed by atoms with E-state index in [0.717, 1.165) is 29.7 Å². The van der Waals surface area contributed by atoms with Crippen LogP contribution in [0, 0.1) is 5.92 Å². The van der Waals surface area contributed by atoms with Gasteiger partial charge in [-0.05, 0) is 24.5 Å². The summed E-state index contributed by atoms with van der Waals surface area (Å²) in [7, 11) is 1.65. The van der Waals surface area contributed by atoms with Crippen molar-refractivity contribution in [3.63, 3.8) is 0 Å². The van der Waals surface area contributed by atoms with E-state index in [2.05, 4.69) is 23.4 Å². The van der Waals surface area contributed by atoms with Crippen molar-refractivity contribution in [2.24, 2.45) is 5.92 Å². The number of benzene rings is 1. The molecule has 17 heavy (non-hydrogen) atoms. The Morgan fingerprint density at radius 3 is 2.82 bits per heavy atom. The lowest BCUT2D eigenvalue weighted by molar-refractivity contribution is 0.415. The fourth-order valence-electron chi connectivity index (χ4n) is 1.88. The van der Waals surface area contributed by atoms with E-state index in [0.29, 0.717) is 11.9 Å². The van der Waals surface area contributed by atoms with Gasteiger partial charge in [-0.2, -0.15) is 0 Å². The van der Waals surface area contributed by atoms with Crippen LogP contribution in [0.5, 0.6) is 5.75 Å². The van der Waals surface area contributed by atoms with E-state index in [9.17, 15) is 0 Å². The van der Waals surface area contributed by atoms with Crippen LogP contribution in [0.25, 0.3) is 11.0 Å². The number of nitrogen functional groups attached to an aromatic ring is 1.